The monoisotopic (exact) mass is 394 g/mol. The lowest BCUT2D eigenvalue weighted by molar-refractivity contribution is -0.135. The summed E-state index contributed by atoms with van der Waals surface area (Å²) in [5, 5.41) is 2.98. The molecule has 1 aliphatic heterocycles. The van der Waals surface area contributed by atoms with Crippen LogP contribution < -0.4 is 14.8 Å². The minimum Gasteiger partial charge on any atom is -0.493 e. The number of nitrogens with zero attached hydrogens (tertiary/aromatic N) is 1. The molecule has 0 radical (unpaired) electrons. The van der Waals surface area contributed by atoms with Crippen molar-refractivity contribution in [1.29, 1.82) is 0 Å². The number of nitrogens with one attached hydrogen (secondary N) is 1. The summed E-state index contributed by atoms with van der Waals surface area (Å²) in [6.07, 6.45) is 3.49. The topological polar surface area (TPSA) is 67.9 Å². The molecule has 6 heteroatoms. The van der Waals surface area contributed by atoms with Gasteiger partial charge in [0.25, 0.3) is 0 Å². The Morgan fingerprint density at radius 2 is 1.55 bits per heavy atom. The predicted molar refractivity (Wildman–Crippen MR) is 110 cm³/mol. The van der Waals surface area contributed by atoms with Crippen molar-refractivity contribution in [3.63, 3.8) is 0 Å². The molecule has 0 unspecified atom stereocenters. The number of piperidine rings is 1. The highest BCUT2D eigenvalue weighted by atomic mass is 16.5. The van der Waals surface area contributed by atoms with Crippen molar-refractivity contribution in [2.75, 3.05) is 25.5 Å². The van der Waals surface area contributed by atoms with Gasteiger partial charge in [0, 0.05) is 30.6 Å². The third kappa shape index (κ3) is 4.70. The zero-order valence-corrected chi connectivity index (χ0v) is 16.6. The van der Waals surface area contributed by atoms with Crippen LogP contribution in [0.2, 0.25) is 0 Å². The lowest BCUT2D eigenvalue weighted by Gasteiger charge is -2.31. The first kappa shape index (κ1) is 19.3. The normalized spacial score (nSPS) is 16.9. The van der Waals surface area contributed by atoms with Gasteiger partial charge in [0.15, 0.2) is 11.5 Å². The summed E-state index contributed by atoms with van der Waals surface area (Å²) in [5.74, 6) is 2.45. The molecule has 0 atom stereocenters. The minimum absolute atomic E-state index is 0.0157. The standard InChI is InChI=1S/C23H26N2O4/c1-28-20-4-2-3-5-21(20)29-19-10-8-18(9-11-19)24-22(26)16-12-14-25(15-13-16)23(27)17-6-7-17/h2-5,8-11,16-17H,6-7,12-15H2,1H3,(H,24,26). The Bertz CT molecular complexity index is 869. The Kier molecular flexibility index (Phi) is 5.69. The number of anilines is 1. The SMILES string of the molecule is COc1ccccc1Oc1ccc(NC(=O)C2CCN(C(=O)C3CC3)CC2)cc1. The third-order valence-electron chi connectivity index (χ3n) is 5.52. The van der Waals surface area contributed by atoms with E-state index in [2.05, 4.69) is 5.32 Å². The molecule has 1 aliphatic carbocycles. The highest BCUT2D eigenvalue weighted by Crippen LogP contribution is 2.33. The fraction of sp³-hybridized carbons (Fsp3) is 0.391. The van der Waals surface area contributed by atoms with Crippen LogP contribution in [0.1, 0.15) is 25.7 Å². The molecule has 2 aromatic carbocycles. The van der Waals surface area contributed by atoms with Gasteiger partial charge in [0.05, 0.1) is 7.11 Å². The van der Waals surface area contributed by atoms with Crippen molar-refractivity contribution in [3.05, 3.63) is 48.5 Å². The number of benzene rings is 2. The highest BCUT2D eigenvalue weighted by Gasteiger charge is 2.35. The first-order valence-electron chi connectivity index (χ1n) is 10.1. The van der Waals surface area contributed by atoms with Crippen molar-refractivity contribution in [2.45, 2.75) is 25.7 Å². The molecule has 4 rings (SSSR count). The molecule has 2 fully saturated rings. The number of carbonyl (C=O) groups excluding carboxylic acids is 2. The molecule has 2 aromatic rings. The number of ether oxygens (including phenoxy) is 2. The van der Waals surface area contributed by atoms with Crippen LogP contribution in [0.25, 0.3) is 0 Å². The molecule has 2 aliphatic rings. The van der Waals surface area contributed by atoms with E-state index >= 15 is 0 Å². The van der Waals surface area contributed by atoms with E-state index in [9.17, 15) is 9.59 Å². The molecule has 0 bridgehead atoms. The van der Waals surface area contributed by atoms with Crippen LogP contribution >= 0.6 is 0 Å². The van der Waals surface area contributed by atoms with Crippen LogP contribution in [0.3, 0.4) is 0 Å². The van der Waals surface area contributed by atoms with Gasteiger partial charge in [-0.3, -0.25) is 9.59 Å². The van der Waals surface area contributed by atoms with Crippen molar-refractivity contribution < 1.29 is 19.1 Å². The minimum atomic E-state index is -0.0530. The number of carbonyl (C=O) groups is 2. The largest absolute Gasteiger partial charge is 0.493 e. The summed E-state index contributed by atoms with van der Waals surface area (Å²) in [4.78, 5) is 26.6. The van der Waals surface area contributed by atoms with E-state index in [0.717, 1.165) is 31.4 Å². The second-order valence-electron chi connectivity index (χ2n) is 7.64. The Balaban J connectivity index is 1.29. The van der Waals surface area contributed by atoms with Gasteiger partial charge in [0.1, 0.15) is 5.75 Å². The van der Waals surface area contributed by atoms with Crippen LogP contribution in [0.15, 0.2) is 48.5 Å². The number of rotatable bonds is 6. The number of hydrogen-bond acceptors (Lipinski definition) is 4. The molecule has 1 saturated carbocycles. The van der Waals surface area contributed by atoms with Crippen molar-refractivity contribution in [3.8, 4) is 17.2 Å². The number of amides is 2. The smallest absolute Gasteiger partial charge is 0.227 e. The summed E-state index contributed by atoms with van der Waals surface area (Å²) in [6.45, 7) is 1.36. The van der Waals surface area contributed by atoms with E-state index in [1.165, 1.54) is 0 Å². The van der Waals surface area contributed by atoms with Crippen LogP contribution in [-0.4, -0.2) is 36.9 Å². The molecule has 2 amide bonds. The summed E-state index contributed by atoms with van der Waals surface area (Å²) < 4.78 is 11.2. The summed E-state index contributed by atoms with van der Waals surface area (Å²) in [6, 6.07) is 14.7. The number of methoxy groups -OCH3 is 1. The van der Waals surface area contributed by atoms with Crippen LogP contribution in [-0.2, 0) is 9.59 Å². The number of hydrogen-bond donors (Lipinski definition) is 1. The number of likely N-dealkylation sites (tertiary alicyclic amines) is 1. The summed E-state index contributed by atoms with van der Waals surface area (Å²) >= 11 is 0. The molecule has 1 N–H and O–H groups in total. The highest BCUT2D eigenvalue weighted by molar-refractivity contribution is 5.92. The molecule has 6 nitrogen and oxygen atoms in total. The quantitative estimate of drug-likeness (QED) is 0.802. The predicted octanol–water partition coefficient (Wildman–Crippen LogP) is 4.07. The van der Waals surface area contributed by atoms with Crippen LogP contribution in [0.4, 0.5) is 5.69 Å². The Morgan fingerprint density at radius 3 is 2.17 bits per heavy atom. The van der Waals surface area contributed by atoms with E-state index in [-0.39, 0.29) is 23.7 Å². The van der Waals surface area contributed by atoms with Crippen molar-refractivity contribution >= 4 is 17.5 Å². The van der Waals surface area contributed by atoms with E-state index < -0.39 is 0 Å². The fourth-order valence-corrected chi connectivity index (χ4v) is 3.63. The van der Waals surface area contributed by atoms with Crippen LogP contribution in [0, 0.1) is 11.8 Å². The van der Waals surface area contributed by atoms with E-state index in [4.69, 9.17) is 9.47 Å². The first-order valence-corrected chi connectivity index (χ1v) is 10.1. The van der Waals surface area contributed by atoms with E-state index in [1.807, 2.05) is 53.4 Å². The Hall–Kier alpha value is -3.02. The first-order chi connectivity index (χ1) is 14.1. The average molecular weight is 394 g/mol. The van der Waals surface area contributed by atoms with Crippen molar-refractivity contribution in [2.24, 2.45) is 11.8 Å². The van der Waals surface area contributed by atoms with Gasteiger partial charge in [-0.2, -0.15) is 0 Å². The maximum absolute atomic E-state index is 12.6. The average Bonchev–Trinajstić information content (AvgIpc) is 3.60. The van der Waals surface area contributed by atoms with Gasteiger partial charge in [0.2, 0.25) is 11.8 Å². The third-order valence-corrected chi connectivity index (χ3v) is 5.52. The van der Waals surface area contributed by atoms with Gasteiger partial charge in [-0.1, -0.05) is 12.1 Å². The molecular weight excluding hydrogens is 368 g/mol. The molecule has 0 spiro atoms. The molecule has 1 heterocycles. The zero-order valence-electron chi connectivity index (χ0n) is 16.6. The second-order valence-corrected chi connectivity index (χ2v) is 7.64. The van der Waals surface area contributed by atoms with Crippen LogP contribution in [0.5, 0.6) is 17.2 Å². The van der Waals surface area contributed by atoms with Gasteiger partial charge in [-0.15, -0.1) is 0 Å². The summed E-state index contributed by atoms with van der Waals surface area (Å²) in [5.41, 5.74) is 0.735. The Labute approximate surface area is 170 Å². The molecule has 0 aromatic heterocycles. The second kappa shape index (κ2) is 8.55. The fourth-order valence-electron chi connectivity index (χ4n) is 3.63. The summed E-state index contributed by atoms with van der Waals surface area (Å²) in [7, 11) is 1.60. The Morgan fingerprint density at radius 1 is 0.897 bits per heavy atom. The molecular formula is C23H26N2O4. The lowest BCUT2D eigenvalue weighted by atomic mass is 9.95. The van der Waals surface area contributed by atoms with Gasteiger partial charge < -0.3 is 19.7 Å². The van der Waals surface area contributed by atoms with E-state index in [1.54, 1.807) is 7.11 Å². The molecule has 1 saturated heterocycles. The maximum atomic E-state index is 12.6. The molecule has 29 heavy (non-hydrogen) atoms. The lowest BCUT2D eigenvalue weighted by Crippen LogP contribution is -2.42. The maximum Gasteiger partial charge on any atom is 0.227 e. The molecule has 152 valence electrons. The zero-order chi connectivity index (χ0) is 20.2. The van der Waals surface area contributed by atoms with Gasteiger partial charge in [-0.25, -0.2) is 0 Å². The van der Waals surface area contributed by atoms with E-state index in [0.29, 0.717) is 30.3 Å². The number of para-hydroxylation sites is 2. The van der Waals surface area contributed by atoms with Gasteiger partial charge in [-0.05, 0) is 62.1 Å². The van der Waals surface area contributed by atoms with Crippen molar-refractivity contribution in [1.82, 2.24) is 4.90 Å². The van der Waals surface area contributed by atoms with Gasteiger partial charge >= 0.3 is 0 Å².